The lowest BCUT2D eigenvalue weighted by Crippen LogP contribution is -2.58. The van der Waals surface area contributed by atoms with Crippen LogP contribution in [0.2, 0.25) is 0 Å². The number of carbonyl (C=O) groups is 4. The van der Waals surface area contributed by atoms with E-state index in [1.807, 2.05) is 61.5 Å². The molecular formula is C37H44N6O7. The summed E-state index contributed by atoms with van der Waals surface area (Å²) >= 11 is 0. The largest absolute Gasteiger partial charge is 0.463 e. The second kappa shape index (κ2) is 14.9. The minimum Gasteiger partial charge on any atom is -0.463 e. The third-order valence-electron chi connectivity index (χ3n) is 10.2. The number of hydrogen-bond donors (Lipinski definition) is 2. The van der Waals surface area contributed by atoms with Crippen LogP contribution in [0.25, 0.3) is 11.0 Å². The lowest BCUT2D eigenvalue weighted by molar-refractivity contribution is -0.152. The van der Waals surface area contributed by atoms with Gasteiger partial charge in [0.2, 0.25) is 17.7 Å². The number of ether oxygens (including phenoxy) is 2. The number of aromatic nitrogens is 3. The average Bonchev–Trinajstić information content (AvgIpc) is 3.89. The quantitative estimate of drug-likeness (QED) is 0.171. The molecule has 50 heavy (non-hydrogen) atoms. The van der Waals surface area contributed by atoms with Crippen LogP contribution in [-0.2, 0) is 35.3 Å². The van der Waals surface area contributed by atoms with Gasteiger partial charge < -0.3 is 29.7 Å². The van der Waals surface area contributed by atoms with E-state index < -0.39 is 59.5 Å². The minimum absolute atomic E-state index is 0.0399. The fourth-order valence-corrected chi connectivity index (χ4v) is 7.85. The number of likely N-dealkylation sites (tertiary alicyclic amines) is 1. The standard InChI is InChI=1S/C37H44N6O7/c1-4-7-17-30(45)49-22-27(24-13-9-8-10-14-24)38-34(46)31-29-18-19-37(50-29)32(31)35(47)43(25(6-3)21-44)33(37)36(48)41(20-5-2)23-42-28-16-12-11-15-26(28)39-40-42/h4-5,8-16,25,27,29,31-33,44H,1-2,6-7,17-23H2,3H3,(H,38,46)/t25-,27+,29+,31-,32-,33+,37-/m0/s1. The smallest absolute Gasteiger partial charge is 0.306 e. The summed E-state index contributed by atoms with van der Waals surface area (Å²) in [5.41, 5.74) is 0.858. The normalized spacial score (nSPS) is 24.8. The molecule has 1 spiro atoms. The number of esters is 1. The third-order valence-corrected chi connectivity index (χ3v) is 10.2. The molecule has 4 heterocycles. The van der Waals surface area contributed by atoms with Crippen LogP contribution in [0, 0.1) is 11.8 Å². The molecule has 2 aromatic carbocycles. The maximum absolute atomic E-state index is 14.8. The molecule has 13 heteroatoms. The van der Waals surface area contributed by atoms with E-state index >= 15 is 0 Å². The van der Waals surface area contributed by atoms with Gasteiger partial charge in [0.1, 0.15) is 30.4 Å². The van der Waals surface area contributed by atoms with Crippen LogP contribution in [0.15, 0.2) is 79.9 Å². The molecule has 0 radical (unpaired) electrons. The number of hydrogen-bond acceptors (Lipinski definition) is 9. The Bertz CT molecular complexity index is 1740. The van der Waals surface area contributed by atoms with E-state index in [4.69, 9.17) is 9.47 Å². The van der Waals surface area contributed by atoms with Gasteiger partial charge in [-0.3, -0.25) is 19.2 Å². The van der Waals surface area contributed by atoms with Gasteiger partial charge in [-0.1, -0.05) is 66.8 Å². The van der Waals surface area contributed by atoms with Crippen molar-refractivity contribution >= 4 is 34.7 Å². The van der Waals surface area contributed by atoms with Gasteiger partial charge in [-0.25, -0.2) is 4.68 Å². The number of para-hydroxylation sites is 1. The Kier molecular flexibility index (Phi) is 10.4. The highest BCUT2D eigenvalue weighted by molar-refractivity contribution is 5.99. The number of rotatable bonds is 16. The molecule has 3 saturated heterocycles. The van der Waals surface area contributed by atoms with E-state index in [9.17, 15) is 24.3 Å². The molecule has 3 fully saturated rings. The Morgan fingerprint density at radius 3 is 2.64 bits per heavy atom. The van der Waals surface area contributed by atoms with Gasteiger partial charge >= 0.3 is 5.97 Å². The molecule has 3 aromatic rings. The van der Waals surface area contributed by atoms with Crippen LogP contribution < -0.4 is 5.32 Å². The second-order valence-corrected chi connectivity index (χ2v) is 13.1. The van der Waals surface area contributed by atoms with Crippen LogP contribution >= 0.6 is 0 Å². The second-order valence-electron chi connectivity index (χ2n) is 13.1. The number of carbonyl (C=O) groups excluding carboxylic acids is 4. The predicted octanol–water partition coefficient (Wildman–Crippen LogP) is 2.92. The van der Waals surface area contributed by atoms with Crippen molar-refractivity contribution in [2.45, 2.75) is 75.5 Å². The van der Waals surface area contributed by atoms with Crippen molar-refractivity contribution in [3.05, 3.63) is 85.5 Å². The number of aliphatic hydroxyl groups is 1. The molecule has 264 valence electrons. The Morgan fingerprint density at radius 1 is 1.16 bits per heavy atom. The third kappa shape index (κ3) is 6.31. The Hall–Kier alpha value is -4.88. The first-order valence-corrected chi connectivity index (χ1v) is 17.2. The topological polar surface area (TPSA) is 156 Å². The van der Waals surface area contributed by atoms with Crippen LogP contribution in [-0.4, -0.2) is 97.1 Å². The van der Waals surface area contributed by atoms with Crippen molar-refractivity contribution in [3.63, 3.8) is 0 Å². The van der Waals surface area contributed by atoms with Gasteiger partial charge in [-0.2, -0.15) is 0 Å². The van der Waals surface area contributed by atoms with Crippen molar-refractivity contribution in [2.24, 2.45) is 11.8 Å². The van der Waals surface area contributed by atoms with Gasteiger partial charge in [-0.05, 0) is 43.4 Å². The zero-order valence-electron chi connectivity index (χ0n) is 28.2. The van der Waals surface area contributed by atoms with Crippen molar-refractivity contribution in [2.75, 3.05) is 19.8 Å². The summed E-state index contributed by atoms with van der Waals surface area (Å²) in [6.07, 6.45) is 4.52. The summed E-state index contributed by atoms with van der Waals surface area (Å²) in [7, 11) is 0. The number of fused-ring (bicyclic) bond motifs is 2. The molecule has 3 amide bonds. The first-order chi connectivity index (χ1) is 24.3. The number of nitrogens with zero attached hydrogens (tertiary/aromatic N) is 5. The maximum Gasteiger partial charge on any atom is 0.306 e. The highest BCUT2D eigenvalue weighted by Crippen LogP contribution is 2.59. The zero-order valence-corrected chi connectivity index (χ0v) is 28.2. The minimum atomic E-state index is -1.29. The number of nitrogens with one attached hydrogen (secondary N) is 1. The number of amides is 3. The summed E-state index contributed by atoms with van der Waals surface area (Å²) < 4.78 is 13.8. The summed E-state index contributed by atoms with van der Waals surface area (Å²) in [4.78, 5) is 59.0. The summed E-state index contributed by atoms with van der Waals surface area (Å²) in [5, 5.41) is 22.0. The fourth-order valence-electron chi connectivity index (χ4n) is 7.85. The Labute approximate surface area is 290 Å². The van der Waals surface area contributed by atoms with Crippen LogP contribution in [0.3, 0.4) is 0 Å². The first-order valence-electron chi connectivity index (χ1n) is 17.2. The number of allylic oxidation sites excluding steroid dienone is 1. The van der Waals surface area contributed by atoms with Crippen molar-refractivity contribution < 1.29 is 33.8 Å². The van der Waals surface area contributed by atoms with E-state index in [0.29, 0.717) is 31.2 Å². The van der Waals surface area contributed by atoms with E-state index in [0.717, 1.165) is 11.1 Å². The molecular weight excluding hydrogens is 640 g/mol. The zero-order chi connectivity index (χ0) is 35.4. The first kappa shape index (κ1) is 35.0. The SMILES string of the molecule is C=CCCC(=O)OC[C@@H](NC(=O)[C@@H]1[C@H]2C(=O)N([C@@H](CC)CO)[C@H](C(=O)N(CC=C)Cn3nnc4ccccc43)[C@]23CC[C@H]1O3)c1ccccc1. The lowest BCUT2D eigenvalue weighted by atomic mass is 9.70. The Balaban J connectivity index is 1.31. The lowest BCUT2D eigenvalue weighted by Gasteiger charge is -2.39. The van der Waals surface area contributed by atoms with Crippen molar-refractivity contribution in [3.8, 4) is 0 Å². The highest BCUT2D eigenvalue weighted by atomic mass is 16.5. The van der Waals surface area contributed by atoms with E-state index in [-0.39, 0.29) is 38.8 Å². The maximum atomic E-state index is 14.8. The van der Waals surface area contributed by atoms with E-state index in [2.05, 4.69) is 28.8 Å². The molecule has 2 N–H and O–H groups in total. The summed E-state index contributed by atoms with van der Waals surface area (Å²) in [6.45, 7) is 9.08. The van der Waals surface area contributed by atoms with Gasteiger partial charge in [0.05, 0.1) is 42.1 Å². The predicted molar refractivity (Wildman–Crippen MR) is 183 cm³/mol. The Morgan fingerprint density at radius 2 is 1.92 bits per heavy atom. The summed E-state index contributed by atoms with van der Waals surface area (Å²) in [6, 6.07) is 14.1. The number of aliphatic hydroxyl groups excluding tert-OH is 1. The van der Waals surface area contributed by atoms with Crippen LogP contribution in [0.4, 0.5) is 0 Å². The highest BCUT2D eigenvalue weighted by Gasteiger charge is 2.75. The van der Waals surface area contributed by atoms with Crippen LogP contribution in [0.5, 0.6) is 0 Å². The van der Waals surface area contributed by atoms with Crippen LogP contribution in [0.1, 0.15) is 50.6 Å². The van der Waals surface area contributed by atoms with Crippen molar-refractivity contribution in [1.29, 1.82) is 0 Å². The molecule has 0 unspecified atom stereocenters. The fraction of sp³-hybridized carbons (Fsp3) is 0.459. The van der Waals surface area contributed by atoms with Gasteiger partial charge in [0.15, 0.2) is 0 Å². The van der Waals surface area contributed by atoms with E-state index in [1.165, 1.54) is 4.90 Å². The molecule has 3 aliphatic rings. The molecule has 2 bridgehead atoms. The molecule has 3 aliphatic heterocycles. The van der Waals surface area contributed by atoms with Gasteiger partial charge in [0, 0.05) is 13.0 Å². The van der Waals surface area contributed by atoms with Crippen molar-refractivity contribution in [1.82, 2.24) is 30.1 Å². The molecule has 1 aromatic heterocycles. The number of benzene rings is 2. The molecule has 13 nitrogen and oxygen atoms in total. The summed E-state index contributed by atoms with van der Waals surface area (Å²) in [5.74, 6) is -3.48. The van der Waals surface area contributed by atoms with Gasteiger partial charge in [0.25, 0.3) is 0 Å². The molecule has 6 rings (SSSR count). The monoisotopic (exact) mass is 684 g/mol. The molecule has 7 atom stereocenters. The van der Waals surface area contributed by atoms with Gasteiger partial charge in [-0.15, -0.1) is 18.3 Å². The molecule has 0 aliphatic carbocycles. The molecule has 0 saturated carbocycles. The average molecular weight is 685 g/mol. The van der Waals surface area contributed by atoms with E-state index in [1.54, 1.807) is 21.7 Å².